The van der Waals surface area contributed by atoms with Crippen molar-refractivity contribution in [1.29, 1.82) is 0 Å². The van der Waals surface area contributed by atoms with Crippen molar-refractivity contribution >= 4 is 34.1 Å². The number of nitrogens with zero attached hydrogens (tertiary/aromatic N) is 3. The fraction of sp³-hybridized carbons (Fsp3) is 0.348. The molecule has 0 radical (unpaired) electrons. The van der Waals surface area contributed by atoms with Crippen LogP contribution in [-0.2, 0) is 6.54 Å². The Labute approximate surface area is 171 Å². The van der Waals surface area contributed by atoms with Gasteiger partial charge in [0.2, 0.25) is 0 Å². The molecule has 1 aliphatic rings. The zero-order chi connectivity index (χ0) is 19.8. The van der Waals surface area contributed by atoms with E-state index in [-0.39, 0.29) is 5.91 Å². The predicted octanol–water partition coefficient (Wildman–Crippen LogP) is 4.89. The van der Waals surface area contributed by atoms with E-state index >= 15 is 0 Å². The second kappa shape index (κ2) is 7.51. The molecule has 1 saturated heterocycles. The van der Waals surface area contributed by atoms with E-state index in [1.807, 2.05) is 35.2 Å². The van der Waals surface area contributed by atoms with Gasteiger partial charge in [-0.05, 0) is 68.8 Å². The van der Waals surface area contributed by atoms with Crippen LogP contribution in [0.3, 0.4) is 0 Å². The molecule has 1 aliphatic heterocycles. The Kier molecular flexibility index (Phi) is 5.07. The largest absolute Gasteiger partial charge is 0.368 e. The fourth-order valence-electron chi connectivity index (χ4n) is 4.19. The van der Waals surface area contributed by atoms with Crippen molar-refractivity contribution in [2.24, 2.45) is 0 Å². The van der Waals surface area contributed by atoms with Crippen LogP contribution in [-0.4, -0.2) is 41.6 Å². The highest BCUT2D eigenvalue weighted by molar-refractivity contribution is 6.30. The van der Waals surface area contributed by atoms with E-state index in [4.69, 9.17) is 11.6 Å². The molecule has 0 atom stereocenters. The van der Waals surface area contributed by atoms with Gasteiger partial charge in [-0.2, -0.15) is 0 Å². The van der Waals surface area contributed by atoms with Gasteiger partial charge in [-0.15, -0.1) is 0 Å². The lowest BCUT2D eigenvalue weighted by Gasteiger charge is -2.36. The van der Waals surface area contributed by atoms with Gasteiger partial charge in [-0.1, -0.05) is 11.6 Å². The first-order chi connectivity index (χ1) is 13.5. The Morgan fingerprint density at radius 2 is 1.68 bits per heavy atom. The minimum Gasteiger partial charge on any atom is -0.368 e. The lowest BCUT2D eigenvalue weighted by Crippen LogP contribution is -2.48. The molecule has 28 heavy (non-hydrogen) atoms. The molecule has 0 bridgehead atoms. The molecule has 0 spiro atoms. The molecule has 146 valence electrons. The smallest absolute Gasteiger partial charge is 0.253 e. The zero-order valence-corrected chi connectivity index (χ0v) is 17.5. The van der Waals surface area contributed by atoms with Gasteiger partial charge in [0.15, 0.2) is 0 Å². The highest BCUT2D eigenvalue weighted by atomic mass is 35.5. The van der Waals surface area contributed by atoms with Crippen LogP contribution in [0.5, 0.6) is 0 Å². The number of carbonyl (C=O) groups is 1. The van der Waals surface area contributed by atoms with E-state index < -0.39 is 0 Å². The third-order valence-corrected chi connectivity index (χ3v) is 6.21. The molecule has 0 saturated carbocycles. The lowest BCUT2D eigenvalue weighted by molar-refractivity contribution is 0.0747. The maximum Gasteiger partial charge on any atom is 0.253 e. The summed E-state index contributed by atoms with van der Waals surface area (Å²) in [5, 5.41) is 1.93. The number of amides is 1. The number of rotatable bonds is 3. The van der Waals surface area contributed by atoms with E-state index in [9.17, 15) is 4.79 Å². The molecular weight excluding hydrogens is 370 g/mol. The molecule has 1 aromatic heterocycles. The van der Waals surface area contributed by atoms with Crippen LogP contribution < -0.4 is 4.90 Å². The summed E-state index contributed by atoms with van der Waals surface area (Å²) in [6, 6.07) is 14.0. The summed E-state index contributed by atoms with van der Waals surface area (Å²) in [5.41, 5.74) is 5.69. The van der Waals surface area contributed by atoms with Crippen LogP contribution >= 0.6 is 11.6 Å². The Morgan fingerprint density at radius 3 is 2.32 bits per heavy atom. The van der Waals surface area contributed by atoms with E-state index in [0.717, 1.165) is 49.0 Å². The van der Waals surface area contributed by atoms with Crippen LogP contribution in [0.2, 0.25) is 5.02 Å². The van der Waals surface area contributed by atoms with Crippen molar-refractivity contribution in [3.8, 4) is 0 Å². The second-order valence-electron chi connectivity index (χ2n) is 7.44. The summed E-state index contributed by atoms with van der Waals surface area (Å²) < 4.78 is 2.31. The van der Waals surface area contributed by atoms with Gasteiger partial charge in [0.25, 0.3) is 5.91 Å². The molecule has 0 unspecified atom stereocenters. The Balaban J connectivity index is 1.51. The highest BCUT2D eigenvalue weighted by Crippen LogP contribution is 2.27. The van der Waals surface area contributed by atoms with Crippen LogP contribution in [0.25, 0.3) is 10.9 Å². The van der Waals surface area contributed by atoms with Gasteiger partial charge in [0, 0.05) is 65.6 Å². The summed E-state index contributed by atoms with van der Waals surface area (Å²) in [6.45, 7) is 10.5. The van der Waals surface area contributed by atoms with Crippen molar-refractivity contribution in [2.45, 2.75) is 27.3 Å². The molecule has 1 fully saturated rings. The minimum absolute atomic E-state index is 0.124. The van der Waals surface area contributed by atoms with Gasteiger partial charge in [0.1, 0.15) is 0 Å². The Bertz CT molecular complexity index is 1010. The van der Waals surface area contributed by atoms with Gasteiger partial charge >= 0.3 is 0 Å². The Morgan fingerprint density at radius 1 is 1.00 bits per heavy atom. The summed E-state index contributed by atoms with van der Waals surface area (Å²) in [7, 11) is 0. The number of hydrogen-bond donors (Lipinski definition) is 0. The molecule has 4 nitrogen and oxygen atoms in total. The van der Waals surface area contributed by atoms with Gasteiger partial charge in [0.05, 0.1) is 0 Å². The van der Waals surface area contributed by atoms with Gasteiger partial charge in [-0.25, -0.2) is 0 Å². The topological polar surface area (TPSA) is 28.5 Å². The van der Waals surface area contributed by atoms with E-state index in [1.165, 1.54) is 22.2 Å². The number of carbonyl (C=O) groups excluding carboxylic acids is 1. The van der Waals surface area contributed by atoms with Crippen molar-refractivity contribution in [2.75, 3.05) is 31.1 Å². The monoisotopic (exact) mass is 395 g/mol. The molecule has 3 aromatic rings. The predicted molar refractivity (Wildman–Crippen MR) is 117 cm³/mol. The van der Waals surface area contributed by atoms with E-state index in [1.54, 1.807) is 0 Å². The van der Waals surface area contributed by atoms with E-state index in [2.05, 4.69) is 42.4 Å². The summed E-state index contributed by atoms with van der Waals surface area (Å²) in [6.07, 6.45) is 0. The number of anilines is 1. The molecule has 1 amide bonds. The number of halogens is 1. The normalized spacial score (nSPS) is 14.7. The number of piperazine rings is 1. The standard InChI is InChI=1S/C23H26ClN3O/c1-4-27-17(3)16(2)21-15-18(5-10-22(21)27)23(28)26-13-11-25(12-14-26)20-8-6-19(24)7-9-20/h5-10,15H,4,11-14H2,1-3H3. The first-order valence-corrected chi connectivity index (χ1v) is 10.3. The number of benzene rings is 2. The van der Waals surface area contributed by atoms with Crippen LogP contribution in [0, 0.1) is 13.8 Å². The van der Waals surface area contributed by atoms with Crippen molar-refractivity contribution < 1.29 is 4.79 Å². The molecule has 0 N–H and O–H groups in total. The molecule has 4 rings (SSSR count). The third-order valence-electron chi connectivity index (χ3n) is 5.96. The van der Waals surface area contributed by atoms with Crippen LogP contribution in [0.4, 0.5) is 5.69 Å². The maximum absolute atomic E-state index is 13.1. The third kappa shape index (κ3) is 3.26. The van der Waals surface area contributed by atoms with Gasteiger partial charge in [-0.3, -0.25) is 4.79 Å². The average Bonchev–Trinajstić information content (AvgIpc) is 2.97. The average molecular weight is 396 g/mol. The SMILES string of the molecule is CCn1c(C)c(C)c2cc(C(=O)N3CCN(c4ccc(Cl)cc4)CC3)ccc21. The molecule has 2 heterocycles. The number of fused-ring (bicyclic) bond motifs is 1. The Hall–Kier alpha value is -2.46. The lowest BCUT2D eigenvalue weighted by atomic mass is 10.1. The quantitative estimate of drug-likeness (QED) is 0.631. The van der Waals surface area contributed by atoms with Crippen molar-refractivity contribution in [1.82, 2.24) is 9.47 Å². The summed E-state index contributed by atoms with van der Waals surface area (Å²) >= 11 is 5.98. The van der Waals surface area contributed by atoms with Crippen molar-refractivity contribution in [3.63, 3.8) is 0 Å². The fourth-order valence-corrected chi connectivity index (χ4v) is 4.32. The number of aromatic nitrogens is 1. The second-order valence-corrected chi connectivity index (χ2v) is 7.88. The first-order valence-electron chi connectivity index (χ1n) is 9.89. The van der Waals surface area contributed by atoms with Crippen LogP contribution in [0.15, 0.2) is 42.5 Å². The minimum atomic E-state index is 0.124. The number of aryl methyl sites for hydroxylation is 2. The van der Waals surface area contributed by atoms with Crippen molar-refractivity contribution in [3.05, 3.63) is 64.3 Å². The highest BCUT2D eigenvalue weighted by Gasteiger charge is 2.23. The molecule has 2 aromatic carbocycles. The molecular formula is C23H26ClN3O. The summed E-state index contributed by atoms with van der Waals surface area (Å²) in [5.74, 6) is 0.124. The molecule has 5 heteroatoms. The summed E-state index contributed by atoms with van der Waals surface area (Å²) in [4.78, 5) is 17.4. The van der Waals surface area contributed by atoms with Gasteiger partial charge < -0.3 is 14.4 Å². The molecule has 0 aliphatic carbocycles. The number of hydrogen-bond acceptors (Lipinski definition) is 2. The van der Waals surface area contributed by atoms with E-state index in [0.29, 0.717) is 0 Å². The van der Waals surface area contributed by atoms with Crippen LogP contribution in [0.1, 0.15) is 28.5 Å². The first kappa shape index (κ1) is 18.9. The maximum atomic E-state index is 13.1. The zero-order valence-electron chi connectivity index (χ0n) is 16.7.